The van der Waals surface area contributed by atoms with Gasteiger partial charge in [-0.3, -0.25) is 14.6 Å². The molecule has 5 rings (SSSR count). The molecule has 3 saturated heterocycles. The van der Waals surface area contributed by atoms with Gasteiger partial charge in [0.15, 0.2) is 0 Å². The van der Waals surface area contributed by atoms with Gasteiger partial charge in [-0.1, -0.05) is 41.4 Å². The van der Waals surface area contributed by atoms with Crippen LogP contribution in [0.1, 0.15) is 37.8 Å². The van der Waals surface area contributed by atoms with Crippen LogP contribution in [0.4, 0.5) is 5.82 Å². The highest BCUT2D eigenvalue weighted by atomic mass is 35.5. The van der Waals surface area contributed by atoms with Crippen molar-refractivity contribution in [1.29, 1.82) is 0 Å². The molecule has 35 heavy (non-hydrogen) atoms. The molecule has 1 unspecified atom stereocenters. The fourth-order valence-corrected chi connectivity index (χ4v) is 5.37. The number of carbonyl (C=O) groups is 1. The van der Waals surface area contributed by atoms with Gasteiger partial charge in [-0.25, -0.2) is 4.98 Å². The lowest BCUT2D eigenvalue weighted by molar-refractivity contribution is -0.120. The van der Waals surface area contributed by atoms with E-state index in [2.05, 4.69) is 14.8 Å². The van der Waals surface area contributed by atoms with E-state index in [1.54, 1.807) is 12.1 Å². The summed E-state index contributed by atoms with van der Waals surface area (Å²) in [6, 6.07) is 14.3. The Hall–Kier alpha value is -1.70. The lowest BCUT2D eigenvalue weighted by atomic mass is 9.93. The Morgan fingerprint density at radius 3 is 2.29 bits per heavy atom. The first-order valence-electron chi connectivity index (χ1n) is 12.7. The maximum absolute atomic E-state index is 12.4. The van der Waals surface area contributed by atoms with Crippen molar-refractivity contribution in [3.63, 3.8) is 0 Å². The highest BCUT2D eigenvalue weighted by Gasteiger charge is 2.34. The maximum Gasteiger partial charge on any atom is 0.228 e. The number of likely N-dealkylation sites (tertiary alicyclic amines) is 2. The zero-order valence-electron chi connectivity index (χ0n) is 20.6. The van der Waals surface area contributed by atoms with Gasteiger partial charge < -0.3 is 10.6 Å². The van der Waals surface area contributed by atoms with Crippen molar-refractivity contribution in [3.8, 4) is 0 Å². The van der Waals surface area contributed by atoms with Crippen molar-refractivity contribution in [2.45, 2.75) is 51.1 Å². The minimum Gasteiger partial charge on any atom is -0.328 e. The van der Waals surface area contributed by atoms with Crippen molar-refractivity contribution >= 4 is 34.9 Å². The van der Waals surface area contributed by atoms with E-state index in [1.165, 1.54) is 32.6 Å². The number of piperidine rings is 2. The fraction of sp³-hybridized carbons (Fsp3) is 0.556. The molecule has 3 aliphatic heterocycles. The highest BCUT2D eigenvalue weighted by Crippen LogP contribution is 2.27. The topological polar surface area (TPSA) is 65.7 Å². The van der Waals surface area contributed by atoms with E-state index in [0.717, 1.165) is 49.9 Å². The summed E-state index contributed by atoms with van der Waals surface area (Å²) in [5, 5.41) is 1.21. The van der Waals surface area contributed by atoms with Gasteiger partial charge in [0, 0.05) is 56.9 Å². The smallest absolute Gasteiger partial charge is 0.228 e. The quantitative estimate of drug-likeness (QED) is 0.626. The Morgan fingerprint density at radius 2 is 1.66 bits per heavy atom. The van der Waals surface area contributed by atoms with Crippen LogP contribution in [0, 0.1) is 12.8 Å². The Bertz CT molecular complexity index is 955. The molecule has 0 aliphatic carbocycles. The monoisotopic (exact) mass is 517 g/mol. The number of aromatic nitrogens is 1. The number of carbonyl (C=O) groups excluding carboxylic acids is 1. The van der Waals surface area contributed by atoms with Gasteiger partial charge in [-0.15, -0.1) is 0 Å². The third kappa shape index (κ3) is 7.40. The van der Waals surface area contributed by atoms with Crippen LogP contribution in [0.3, 0.4) is 0 Å². The number of hydrogen-bond acceptors (Lipinski definition) is 5. The molecular formula is C27H37Cl2N5O. The van der Waals surface area contributed by atoms with Crippen LogP contribution in [0.25, 0.3) is 0 Å². The zero-order chi connectivity index (χ0) is 24.8. The molecule has 3 aliphatic rings. The van der Waals surface area contributed by atoms with E-state index in [1.807, 2.05) is 42.2 Å². The predicted molar refractivity (Wildman–Crippen MR) is 144 cm³/mol. The number of rotatable bonds is 5. The molecule has 1 atom stereocenters. The molecule has 1 amide bonds. The third-order valence-electron chi connectivity index (χ3n) is 7.36. The molecule has 3 fully saturated rings. The standard InChI is InChI=1S/C21H33N5O.C6H4Cl2/c1-16-3-2-4-20(23-16)26-13-17(5-6-21(26)27)7-10-24-14-19(15-24)25-11-8-18(22)9-12-25;7-5-3-1-2-4-6(5)8/h2-4,17-19H,5-15,22H2,1H3;1-4H. The van der Waals surface area contributed by atoms with Crippen LogP contribution in [-0.2, 0) is 4.79 Å². The molecule has 190 valence electrons. The molecule has 8 heteroatoms. The second-order valence-corrected chi connectivity index (χ2v) is 10.9. The van der Waals surface area contributed by atoms with E-state index >= 15 is 0 Å². The minimum absolute atomic E-state index is 0.219. The predicted octanol–water partition coefficient (Wildman–Crippen LogP) is 4.62. The van der Waals surface area contributed by atoms with Gasteiger partial charge in [0.1, 0.15) is 5.82 Å². The number of amides is 1. The van der Waals surface area contributed by atoms with Gasteiger partial charge >= 0.3 is 0 Å². The van der Waals surface area contributed by atoms with Crippen LogP contribution < -0.4 is 10.6 Å². The SMILES string of the molecule is Cc1cccc(N2CC(CCN3CC(N4CCC(N)CC4)C3)CCC2=O)n1.Clc1ccccc1Cl. The van der Waals surface area contributed by atoms with Crippen molar-refractivity contribution in [2.24, 2.45) is 11.7 Å². The number of benzene rings is 1. The summed E-state index contributed by atoms with van der Waals surface area (Å²) in [4.78, 5) is 24.0. The van der Waals surface area contributed by atoms with Crippen LogP contribution in [0.2, 0.25) is 10.0 Å². The minimum atomic E-state index is 0.219. The van der Waals surface area contributed by atoms with E-state index in [9.17, 15) is 4.79 Å². The second kappa shape index (κ2) is 12.5. The number of hydrogen-bond donors (Lipinski definition) is 1. The Kier molecular flexibility index (Phi) is 9.42. The zero-order valence-corrected chi connectivity index (χ0v) is 22.1. The molecule has 1 aromatic carbocycles. The number of pyridine rings is 1. The molecule has 0 saturated carbocycles. The van der Waals surface area contributed by atoms with Gasteiger partial charge in [0.05, 0.1) is 10.0 Å². The van der Waals surface area contributed by atoms with E-state index in [-0.39, 0.29) is 5.91 Å². The molecule has 4 heterocycles. The van der Waals surface area contributed by atoms with Gasteiger partial charge in [0.2, 0.25) is 5.91 Å². The third-order valence-corrected chi connectivity index (χ3v) is 8.12. The van der Waals surface area contributed by atoms with Crippen molar-refractivity contribution in [3.05, 3.63) is 58.2 Å². The molecule has 0 spiro atoms. The van der Waals surface area contributed by atoms with E-state index in [4.69, 9.17) is 28.9 Å². The number of nitrogens with zero attached hydrogens (tertiary/aromatic N) is 4. The summed E-state index contributed by atoms with van der Waals surface area (Å²) >= 11 is 11.2. The molecule has 1 aromatic heterocycles. The molecule has 6 nitrogen and oxygen atoms in total. The fourth-order valence-electron chi connectivity index (χ4n) is 5.09. The number of aryl methyl sites for hydroxylation is 1. The van der Waals surface area contributed by atoms with Crippen LogP contribution in [0.15, 0.2) is 42.5 Å². The largest absolute Gasteiger partial charge is 0.328 e. The Morgan fingerprint density at radius 1 is 0.971 bits per heavy atom. The number of anilines is 1. The average Bonchev–Trinajstić information content (AvgIpc) is 2.82. The first-order valence-corrected chi connectivity index (χ1v) is 13.5. The summed E-state index contributed by atoms with van der Waals surface area (Å²) in [7, 11) is 0. The van der Waals surface area contributed by atoms with Crippen molar-refractivity contribution in [1.82, 2.24) is 14.8 Å². The highest BCUT2D eigenvalue weighted by molar-refractivity contribution is 6.41. The average molecular weight is 519 g/mol. The number of halogens is 2. The summed E-state index contributed by atoms with van der Waals surface area (Å²) in [6.07, 6.45) is 5.14. The Balaban J connectivity index is 0.000000308. The normalized spacial score (nSPS) is 22.5. The molecule has 0 radical (unpaired) electrons. The Labute approximate surface area is 219 Å². The maximum atomic E-state index is 12.4. The number of nitrogens with two attached hydrogens (primary N) is 1. The second-order valence-electron chi connectivity index (χ2n) is 10.0. The molecule has 0 bridgehead atoms. The lowest BCUT2D eigenvalue weighted by Gasteiger charge is -2.48. The van der Waals surface area contributed by atoms with Crippen LogP contribution >= 0.6 is 23.2 Å². The van der Waals surface area contributed by atoms with Gasteiger partial charge in [0.25, 0.3) is 0 Å². The molecule has 2 aromatic rings. The lowest BCUT2D eigenvalue weighted by Crippen LogP contribution is -2.61. The van der Waals surface area contributed by atoms with Crippen molar-refractivity contribution < 1.29 is 4.79 Å². The van der Waals surface area contributed by atoms with Gasteiger partial charge in [-0.2, -0.15) is 0 Å². The summed E-state index contributed by atoms with van der Waals surface area (Å²) in [6.45, 7) is 8.68. The summed E-state index contributed by atoms with van der Waals surface area (Å²) in [5.74, 6) is 1.62. The van der Waals surface area contributed by atoms with Crippen LogP contribution in [0.5, 0.6) is 0 Å². The van der Waals surface area contributed by atoms with E-state index in [0.29, 0.717) is 28.4 Å². The summed E-state index contributed by atoms with van der Waals surface area (Å²) < 4.78 is 0. The first-order chi connectivity index (χ1) is 16.9. The van der Waals surface area contributed by atoms with Crippen LogP contribution in [-0.4, -0.2) is 72.0 Å². The molecular weight excluding hydrogens is 481 g/mol. The van der Waals surface area contributed by atoms with E-state index < -0.39 is 0 Å². The van der Waals surface area contributed by atoms with Gasteiger partial charge in [-0.05, 0) is 69.3 Å². The van der Waals surface area contributed by atoms with Crippen molar-refractivity contribution in [2.75, 3.05) is 44.2 Å². The summed E-state index contributed by atoms with van der Waals surface area (Å²) in [5.41, 5.74) is 6.98. The first kappa shape index (κ1) is 26.4. The molecule has 2 N–H and O–H groups in total.